The maximum absolute atomic E-state index is 14.9. The van der Waals surface area contributed by atoms with E-state index in [0.717, 1.165) is 17.5 Å². The van der Waals surface area contributed by atoms with Crippen molar-refractivity contribution in [2.45, 2.75) is 64.0 Å². The number of hydrogen-bond donors (Lipinski definition) is 1. The van der Waals surface area contributed by atoms with Crippen molar-refractivity contribution in [3.8, 4) is 0 Å². The third kappa shape index (κ3) is 3.70. The van der Waals surface area contributed by atoms with Gasteiger partial charge in [-0.05, 0) is 39.5 Å². The first-order valence-corrected chi connectivity index (χ1v) is 10.3. The Balaban J connectivity index is 1.79. The minimum Gasteiger partial charge on any atom is -0.361 e. The van der Waals surface area contributed by atoms with E-state index in [2.05, 4.69) is 10.4 Å². The average Bonchev–Trinajstić information content (AvgIpc) is 3.43. The van der Waals surface area contributed by atoms with E-state index >= 15 is 0 Å². The van der Waals surface area contributed by atoms with Gasteiger partial charge in [-0.2, -0.15) is 5.10 Å². The van der Waals surface area contributed by atoms with Gasteiger partial charge in [0.15, 0.2) is 5.82 Å². The Hall–Kier alpha value is -2.84. The summed E-state index contributed by atoms with van der Waals surface area (Å²) in [6, 6.07) is 0.622. The molecule has 1 fully saturated rings. The maximum atomic E-state index is 14.9. The number of aromatic nitrogens is 3. The van der Waals surface area contributed by atoms with Crippen LogP contribution in [0.4, 0.5) is 19.0 Å². The van der Waals surface area contributed by atoms with Crippen LogP contribution in [0, 0.1) is 0 Å². The zero-order valence-electron chi connectivity index (χ0n) is 17.9. The molecule has 6 nitrogen and oxygen atoms in total. The van der Waals surface area contributed by atoms with Crippen LogP contribution in [0.5, 0.6) is 0 Å². The van der Waals surface area contributed by atoms with E-state index in [1.807, 2.05) is 6.92 Å². The normalized spacial score (nSPS) is 19.4. The largest absolute Gasteiger partial charge is 0.361 e. The molecule has 31 heavy (non-hydrogen) atoms. The van der Waals surface area contributed by atoms with Crippen LogP contribution in [0.15, 0.2) is 44.9 Å². The number of alkyl halides is 2. The fourth-order valence-corrected chi connectivity index (χ4v) is 4.08. The molecule has 0 spiro atoms. The summed E-state index contributed by atoms with van der Waals surface area (Å²) < 4.78 is 45.2. The zero-order chi connectivity index (χ0) is 22.7. The first-order valence-electron chi connectivity index (χ1n) is 10.3. The first kappa shape index (κ1) is 21.4. The third-order valence-corrected chi connectivity index (χ3v) is 6.26. The van der Waals surface area contributed by atoms with E-state index in [0.29, 0.717) is 18.7 Å². The highest BCUT2D eigenvalue weighted by Crippen LogP contribution is 2.42. The fourth-order valence-electron chi connectivity index (χ4n) is 4.08. The predicted octanol–water partition coefficient (Wildman–Crippen LogP) is 4.00. The van der Waals surface area contributed by atoms with Crippen molar-refractivity contribution in [1.82, 2.24) is 14.3 Å². The molecule has 9 heteroatoms. The number of rotatable bonds is 5. The summed E-state index contributed by atoms with van der Waals surface area (Å²) in [7, 11) is 1.46. The monoisotopic (exact) mass is 434 g/mol. The van der Waals surface area contributed by atoms with Crippen LogP contribution in [0.3, 0.4) is 0 Å². The number of hydrogen-bond acceptors (Lipinski definition) is 4. The highest BCUT2D eigenvalue weighted by atomic mass is 19.3. The molecule has 2 aromatic heterocycles. The van der Waals surface area contributed by atoms with Crippen molar-refractivity contribution in [2.75, 3.05) is 5.32 Å². The van der Waals surface area contributed by atoms with Crippen LogP contribution in [-0.4, -0.2) is 26.3 Å². The quantitative estimate of drug-likeness (QED) is 0.772. The van der Waals surface area contributed by atoms with Crippen molar-refractivity contribution in [3.05, 3.63) is 56.0 Å². The van der Waals surface area contributed by atoms with Gasteiger partial charge in [0, 0.05) is 48.3 Å². The standard InChI is InChI=1S/C22H25F3N4O2/c1-12(13-6-5-7-16(18(13)23)22(3,24)25)26-19-15-11-29(21(2)8-9-21)17(30)10-14(15)20(31)28(4)27-19/h6,10-12H,5,7-9H2,1-4H3,(H,26,27)/t12-/m1/s1. The Morgan fingerprint density at radius 3 is 2.55 bits per heavy atom. The number of pyridine rings is 1. The van der Waals surface area contributed by atoms with Crippen molar-refractivity contribution < 1.29 is 13.2 Å². The molecular weight excluding hydrogens is 409 g/mol. The van der Waals surface area contributed by atoms with Crippen molar-refractivity contribution in [2.24, 2.45) is 7.05 Å². The first-order chi connectivity index (χ1) is 14.4. The second-order valence-corrected chi connectivity index (χ2v) is 8.83. The number of halogens is 3. The van der Waals surface area contributed by atoms with Gasteiger partial charge >= 0.3 is 0 Å². The molecule has 2 aromatic rings. The molecule has 0 radical (unpaired) electrons. The Bertz CT molecular complexity index is 1250. The van der Waals surface area contributed by atoms with E-state index in [-0.39, 0.29) is 34.3 Å². The highest BCUT2D eigenvalue weighted by Gasteiger charge is 2.40. The lowest BCUT2D eigenvalue weighted by atomic mass is 9.91. The molecule has 2 aliphatic carbocycles. The SMILES string of the molecule is C[C@@H](Nc1nn(C)c(=O)c2cc(=O)n(C3(C)CC3)cc12)C1=CCCC(C(C)(F)F)=C1F. The molecule has 0 amide bonds. The summed E-state index contributed by atoms with van der Waals surface area (Å²) in [5, 5.41) is 7.97. The second kappa shape index (κ2) is 7.10. The zero-order valence-corrected chi connectivity index (χ0v) is 17.9. The smallest absolute Gasteiger partial charge is 0.274 e. The minimum atomic E-state index is -3.24. The molecule has 166 valence electrons. The third-order valence-electron chi connectivity index (χ3n) is 6.26. The lowest BCUT2D eigenvalue weighted by Gasteiger charge is -2.25. The summed E-state index contributed by atoms with van der Waals surface area (Å²) in [5.74, 6) is -3.86. The van der Waals surface area contributed by atoms with Crippen molar-refractivity contribution >= 4 is 16.6 Å². The van der Waals surface area contributed by atoms with Crippen LogP contribution in [-0.2, 0) is 12.6 Å². The molecule has 2 aliphatic rings. The van der Waals surface area contributed by atoms with E-state index in [9.17, 15) is 22.8 Å². The summed E-state index contributed by atoms with van der Waals surface area (Å²) in [4.78, 5) is 25.1. The van der Waals surface area contributed by atoms with E-state index in [1.165, 1.54) is 13.1 Å². The number of fused-ring (bicyclic) bond motifs is 1. The maximum Gasteiger partial charge on any atom is 0.274 e. The van der Waals surface area contributed by atoms with E-state index in [4.69, 9.17) is 0 Å². The molecule has 0 unspecified atom stereocenters. The molecule has 0 bridgehead atoms. The van der Waals surface area contributed by atoms with Gasteiger partial charge in [-0.15, -0.1) is 0 Å². The van der Waals surface area contributed by atoms with Gasteiger partial charge in [-0.25, -0.2) is 17.9 Å². The molecule has 1 N–H and O–H groups in total. The molecule has 0 saturated heterocycles. The Morgan fingerprint density at radius 2 is 1.94 bits per heavy atom. The average molecular weight is 434 g/mol. The van der Waals surface area contributed by atoms with Crippen LogP contribution in [0.2, 0.25) is 0 Å². The Labute approximate surface area is 177 Å². The number of nitrogens with zero attached hydrogens (tertiary/aromatic N) is 3. The van der Waals surface area contributed by atoms with Gasteiger partial charge in [-0.1, -0.05) is 6.08 Å². The molecule has 0 aromatic carbocycles. The summed E-state index contributed by atoms with van der Waals surface area (Å²) in [6.07, 6.45) is 5.21. The Morgan fingerprint density at radius 1 is 1.26 bits per heavy atom. The van der Waals surface area contributed by atoms with Gasteiger partial charge in [-0.3, -0.25) is 9.59 Å². The molecular formula is C22H25F3N4O2. The van der Waals surface area contributed by atoms with Crippen LogP contribution in [0.1, 0.15) is 46.5 Å². The second-order valence-electron chi connectivity index (χ2n) is 8.83. The van der Waals surface area contributed by atoms with Gasteiger partial charge in [0.25, 0.3) is 17.0 Å². The topological polar surface area (TPSA) is 68.9 Å². The number of allylic oxidation sites excluding steroid dienone is 2. The Kier molecular flexibility index (Phi) is 4.90. The van der Waals surface area contributed by atoms with Crippen molar-refractivity contribution in [1.29, 1.82) is 0 Å². The highest BCUT2D eigenvalue weighted by molar-refractivity contribution is 5.90. The van der Waals surface area contributed by atoms with Gasteiger partial charge in [0.1, 0.15) is 5.83 Å². The van der Waals surface area contributed by atoms with Crippen LogP contribution in [0.25, 0.3) is 10.8 Å². The van der Waals surface area contributed by atoms with Crippen LogP contribution >= 0.6 is 0 Å². The van der Waals surface area contributed by atoms with E-state index in [1.54, 1.807) is 23.8 Å². The lowest BCUT2D eigenvalue weighted by molar-refractivity contribution is 0.0562. The van der Waals surface area contributed by atoms with E-state index < -0.39 is 28.9 Å². The van der Waals surface area contributed by atoms with Gasteiger partial charge in [0.05, 0.1) is 11.4 Å². The van der Waals surface area contributed by atoms with Gasteiger partial charge < -0.3 is 9.88 Å². The lowest BCUT2D eigenvalue weighted by Crippen LogP contribution is -2.31. The molecule has 4 rings (SSSR count). The number of anilines is 1. The predicted molar refractivity (Wildman–Crippen MR) is 113 cm³/mol. The van der Waals surface area contributed by atoms with Crippen LogP contribution < -0.4 is 16.4 Å². The molecule has 1 saturated carbocycles. The fraction of sp³-hybridized carbons (Fsp3) is 0.500. The van der Waals surface area contributed by atoms with Gasteiger partial charge in [0.2, 0.25) is 0 Å². The molecule has 2 heterocycles. The van der Waals surface area contributed by atoms with Crippen molar-refractivity contribution in [3.63, 3.8) is 0 Å². The summed E-state index contributed by atoms with van der Waals surface area (Å²) in [6.45, 7) is 4.31. The number of nitrogens with one attached hydrogen (secondary N) is 1. The summed E-state index contributed by atoms with van der Waals surface area (Å²) >= 11 is 0. The summed E-state index contributed by atoms with van der Waals surface area (Å²) in [5.41, 5.74) is -1.36. The molecule has 1 atom stereocenters. The number of aryl methyl sites for hydroxylation is 1. The minimum absolute atomic E-state index is 0.0303. The molecule has 0 aliphatic heterocycles.